The number of piperidine rings is 1. The fourth-order valence-electron chi connectivity index (χ4n) is 3.71. The number of hydrogen-bond acceptors (Lipinski definition) is 4. The number of para-hydroxylation sites is 1. The van der Waals surface area contributed by atoms with E-state index in [9.17, 15) is 9.18 Å². The highest BCUT2D eigenvalue weighted by molar-refractivity contribution is 5.94. The molecule has 1 atom stereocenters. The Kier molecular flexibility index (Phi) is 5.51. The van der Waals surface area contributed by atoms with E-state index in [1.165, 1.54) is 6.07 Å². The SMILES string of the molecule is Cc1cccc(C(=O)N2CCC[C@H](c3ccnc(Nc4ccccc4F)n3)C2)c1. The third-order valence-electron chi connectivity index (χ3n) is 5.19. The van der Waals surface area contributed by atoms with Gasteiger partial charge in [-0.05, 0) is 50.1 Å². The van der Waals surface area contributed by atoms with E-state index in [1.807, 2.05) is 42.2 Å². The van der Waals surface area contributed by atoms with Crippen LogP contribution in [0.25, 0.3) is 0 Å². The predicted octanol–water partition coefficient (Wildman–Crippen LogP) is 4.69. The van der Waals surface area contributed by atoms with Crippen LogP contribution in [0.4, 0.5) is 16.0 Å². The van der Waals surface area contributed by atoms with Gasteiger partial charge in [0.15, 0.2) is 0 Å². The van der Waals surface area contributed by atoms with E-state index < -0.39 is 0 Å². The molecule has 5 nitrogen and oxygen atoms in total. The van der Waals surface area contributed by atoms with Gasteiger partial charge in [0.05, 0.1) is 11.4 Å². The van der Waals surface area contributed by atoms with Gasteiger partial charge in [0.25, 0.3) is 5.91 Å². The summed E-state index contributed by atoms with van der Waals surface area (Å²) in [7, 11) is 0. The molecule has 0 spiro atoms. The first-order valence-electron chi connectivity index (χ1n) is 9.80. The van der Waals surface area contributed by atoms with Crippen LogP contribution in [0.1, 0.15) is 40.4 Å². The van der Waals surface area contributed by atoms with Crippen molar-refractivity contribution < 1.29 is 9.18 Å². The molecular weight excluding hydrogens is 367 g/mol. The fourth-order valence-corrected chi connectivity index (χ4v) is 3.71. The lowest BCUT2D eigenvalue weighted by molar-refractivity contribution is 0.0706. The number of carbonyl (C=O) groups excluding carboxylic acids is 1. The van der Waals surface area contributed by atoms with Crippen molar-refractivity contribution in [1.29, 1.82) is 0 Å². The molecule has 29 heavy (non-hydrogen) atoms. The van der Waals surface area contributed by atoms with Crippen molar-refractivity contribution in [3.05, 3.63) is 83.4 Å². The molecule has 3 aromatic rings. The minimum absolute atomic E-state index is 0.0529. The highest BCUT2D eigenvalue weighted by Gasteiger charge is 2.26. The molecule has 1 N–H and O–H groups in total. The predicted molar refractivity (Wildman–Crippen MR) is 111 cm³/mol. The van der Waals surface area contributed by atoms with Crippen LogP contribution in [0.5, 0.6) is 0 Å². The number of carbonyl (C=O) groups is 1. The first-order chi connectivity index (χ1) is 14.1. The van der Waals surface area contributed by atoms with Gasteiger partial charge < -0.3 is 10.2 Å². The molecule has 1 amide bonds. The zero-order chi connectivity index (χ0) is 20.2. The lowest BCUT2D eigenvalue weighted by Crippen LogP contribution is -2.39. The van der Waals surface area contributed by atoms with Crippen molar-refractivity contribution in [3.8, 4) is 0 Å². The molecule has 0 saturated carbocycles. The minimum atomic E-state index is -0.353. The van der Waals surface area contributed by atoms with Gasteiger partial charge in [-0.1, -0.05) is 29.8 Å². The zero-order valence-electron chi connectivity index (χ0n) is 16.3. The van der Waals surface area contributed by atoms with Crippen LogP contribution in [-0.2, 0) is 0 Å². The van der Waals surface area contributed by atoms with Gasteiger partial charge in [-0.3, -0.25) is 4.79 Å². The quantitative estimate of drug-likeness (QED) is 0.702. The summed E-state index contributed by atoms with van der Waals surface area (Å²) in [6.07, 6.45) is 3.54. The molecule has 1 saturated heterocycles. The second-order valence-electron chi connectivity index (χ2n) is 7.37. The summed E-state index contributed by atoms with van der Waals surface area (Å²) >= 11 is 0. The third-order valence-corrected chi connectivity index (χ3v) is 5.19. The molecule has 0 unspecified atom stereocenters. The Hall–Kier alpha value is -3.28. The monoisotopic (exact) mass is 390 g/mol. The molecule has 1 aromatic heterocycles. The van der Waals surface area contributed by atoms with Gasteiger partial charge in [0, 0.05) is 30.8 Å². The van der Waals surface area contributed by atoms with Gasteiger partial charge in [-0.2, -0.15) is 0 Å². The van der Waals surface area contributed by atoms with Crippen LogP contribution in [0.3, 0.4) is 0 Å². The zero-order valence-corrected chi connectivity index (χ0v) is 16.3. The van der Waals surface area contributed by atoms with Crippen molar-refractivity contribution in [1.82, 2.24) is 14.9 Å². The number of nitrogens with zero attached hydrogens (tertiary/aromatic N) is 3. The molecule has 0 aliphatic carbocycles. The Morgan fingerprint density at radius 2 is 2.03 bits per heavy atom. The van der Waals surface area contributed by atoms with Crippen LogP contribution < -0.4 is 5.32 Å². The number of rotatable bonds is 4. The maximum Gasteiger partial charge on any atom is 0.253 e. The number of likely N-dealkylation sites (tertiary alicyclic amines) is 1. The van der Waals surface area contributed by atoms with Gasteiger partial charge in [-0.25, -0.2) is 14.4 Å². The number of anilines is 2. The van der Waals surface area contributed by atoms with E-state index in [0.29, 0.717) is 18.2 Å². The maximum atomic E-state index is 13.9. The topological polar surface area (TPSA) is 58.1 Å². The van der Waals surface area contributed by atoms with Crippen molar-refractivity contribution in [2.45, 2.75) is 25.7 Å². The Bertz CT molecular complexity index is 1020. The van der Waals surface area contributed by atoms with Crippen LogP contribution in [0.2, 0.25) is 0 Å². The number of amides is 1. The van der Waals surface area contributed by atoms with E-state index in [0.717, 1.165) is 36.2 Å². The van der Waals surface area contributed by atoms with Crippen molar-refractivity contribution >= 4 is 17.5 Å². The number of hydrogen-bond donors (Lipinski definition) is 1. The summed E-state index contributed by atoms with van der Waals surface area (Å²) in [6, 6.07) is 16.0. The number of benzene rings is 2. The summed E-state index contributed by atoms with van der Waals surface area (Å²) in [4.78, 5) is 23.6. The van der Waals surface area contributed by atoms with E-state index in [-0.39, 0.29) is 17.6 Å². The lowest BCUT2D eigenvalue weighted by Gasteiger charge is -2.32. The second-order valence-corrected chi connectivity index (χ2v) is 7.37. The Morgan fingerprint density at radius 3 is 2.86 bits per heavy atom. The molecule has 2 aromatic carbocycles. The molecule has 1 fully saturated rings. The first-order valence-corrected chi connectivity index (χ1v) is 9.80. The molecule has 1 aliphatic rings. The Balaban J connectivity index is 1.50. The number of nitrogens with one attached hydrogen (secondary N) is 1. The summed E-state index contributed by atoms with van der Waals surface area (Å²) in [5, 5.41) is 2.94. The molecule has 1 aliphatic heterocycles. The van der Waals surface area contributed by atoms with Gasteiger partial charge >= 0.3 is 0 Å². The van der Waals surface area contributed by atoms with Gasteiger partial charge in [-0.15, -0.1) is 0 Å². The normalized spacial score (nSPS) is 16.5. The van der Waals surface area contributed by atoms with Crippen molar-refractivity contribution in [2.75, 3.05) is 18.4 Å². The second kappa shape index (κ2) is 8.39. The summed E-state index contributed by atoms with van der Waals surface area (Å²) in [6.45, 7) is 3.35. The van der Waals surface area contributed by atoms with Crippen molar-refractivity contribution in [2.24, 2.45) is 0 Å². The van der Waals surface area contributed by atoms with Crippen LogP contribution in [-0.4, -0.2) is 33.9 Å². The molecular formula is C23H23FN4O. The van der Waals surface area contributed by atoms with E-state index in [4.69, 9.17) is 0 Å². The number of halogens is 1. The standard InChI is InChI=1S/C23H23FN4O/c1-16-6-4-7-17(14-16)22(29)28-13-5-8-18(15-28)20-11-12-25-23(26-20)27-21-10-3-2-9-19(21)24/h2-4,6-7,9-12,14,18H,5,8,13,15H2,1H3,(H,25,26,27)/t18-/m0/s1. The Morgan fingerprint density at radius 1 is 1.17 bits per heavy atom. The molecule has 0 radical (unpaired) electrons. The number of aromatic nitrogens is 2. The largest absolute Gasteiger partial charge is 0.338 e. The van der Waals surface area contributed by atoms with Gasteiger partial charge in [0.2, 0.25) is 5.95 Å². The van der Waals surface area contributed by atoms with Crippen LogP contribution >= 0.6 is 0 Å². The molecule has 4 rings (SSSR count). The highest BCUT2D eigenvalue weighted by atomic mass is 19.1. The smallest absolute Gasteiger partial charge is 0.253 e. The minimum Gasteiger partial charge on any atom is -0.338 e. The average Bonchev–Trinajstić information content (AvgIpc) is 2.75. The van der Waals surface area contributed by atoms with Crippen LogP contribution in [0, 0.1) is 12.7 Å². The summed E-state index contributed by atoms with van der Waals surface area (Å²) in [5.74, 6) is 0.183. The van der Waals surface area contributed by atoms with Crippen molar-refractivity contribution in [3.63, 3.8) is 0 Å². The third kappa shape index (κ3) is 4.42. The highest BCUT2D eigenvalue weighted by Crippen LogP contribution is 2.27. The molecule has 2 heterocycles. The fraction of sp³-hybridized carbons (Fsp3) is 0.261. The molecule has 6 heteroatoms. The summed E-state index contributed by atoms with van der Waals surface area (Å²) < 4.78 is 13.9. The lowest BCUT2D eigenvalue weighted by atomic mass is 9.94. The molecule has 0 bridgehead atoms. The summed E-state index contributed by atoms with van der Waals surface area (Å²) in [5.41, 5.74) is 2.99. The van der Waals surface area contributed by atoms with Gasteiger partial charge in [0.1, 0.15) is 5.82 Å². The van der Waals surface area contributed by atoms with E-state index in [2.05, 4.69) is 15.3 Å². The van der Waals surface area contributed by atoms with E-state index in [1.54, 1.807) is 24.4 Å². The Labute approximate surface area is 169 Å². The van der Waals surface area contributed by atoms with E-state index >= 15 is 0 Å². The van der Waals surface area contributed by atoms with Crippen LogP contribution in [0.15, 0.2) is 60.8 Å². The number of aryl methyl sites for hydroxylation is 1. The average molecular weight is 390 g/mol. The molecule has 148 valence electrons. The first kappa shape index (κ1) is 19.1. The maximum absolute atomic E-state index is 13.9.